The number of aliphatic hydroxyl groups excluding tert-OH is 1. The molecule has 27 heavy (non-hydrogen) atoms. The van der Waals surface area contributed by atoms with Crippen LogP contribution in [0.1, 0.15) is 19.8 Å². The van der Waals surface area contributed by atoms with Gasteiger partial charge in [-0.15, -0.1) is 0 Å². The van der Waals surface area contributed by atoms with Gasteiger partial charge < -0.3 is 24.1 Å². The van der Waals surface area contributed by atoms with E-state index in [-0.39, 0.29) is 32.7 Å². The summed E-state index contributed by atoms with van der Waals surface area (Å²) < 4.78 is 20.7. The van der Waals surface area contributed by atoms with Crippen LogP contribution in [0, 0.1) is 0 Å². The third kappa shape index (κ3) is 6.74. The normalized spacial score (nSPS) is 29.8. The molecule has 2 aliphatic heterocycles. The van der Waals surface area contributed by atoms with Gasteiger partial charge in [0.2, 0.25) is 0 Å². The molecule has 6 atom stereocenters. The molecular weight excluding hydrogens is 376 g/mol. The highest BCUT2D eigenvalue weighted by molar-refractivity contribution is 5.60. The Labute approximate surface area is 153 Å². The van der Waals surface area contributed by atoms with Crippen LogP contribution < -0.4 is 0 Å². The van der Waals surface area contributed by atoms with E-state index in [4.69, 9.17) is 39.8 Å². The molecular formula is C13H24N2O12. The summed E-state index contributed by atoms with van der Waals surface area (Å²) in [6.07, 6.45) is -5.12. The highest BCUT2D eigenvalue weighted by atomic mass is 17.1. The number of rotatable bonds is 10. The summed E-state index contributed by atoms with van der Waals surface area (Å²) in [7, 11) is 0. The van der Waals surface area contributed by atoms with Gasteiger partial charge in [-0.25, -0.2) is 14.5 Å². The fourth-order valence-electron chi connectivity index (χ4n) is 2.85. The average Bonchev–Trinajstić information content (AvgIpc) is 3.13. The van der Waals surface area contributed by atoms with Crippen LogP contribution in [0.25, 0.3) is 0 Å². The van der Waals surface area contributed by atoms with E-state index in [2.05, 4.69) is 9.68 Å². The average molecular weight is 400 g/mol. The van der Waals surface area contributed by atoms with Gasteiger partial charge in [0.15, 0.2) is 6.10 Å². The first-order valence-electron chi connectivity index (χ1n) is 8.22. The minimum atomic E-state index is -1.00. The predicted molar refractivity (Wildman–Crippen MR) is 77.2 cm³/mol. The Hall–Kier alpha value is -1.17. The molecule has 158 valence electrons. The van der Waals surface area contributed by atoms with E-state index in [1.165, 1.54) is 6.92 Å². The molecule has 0 spiro atoms. The van der Waals surface area contributed by atoms with Crippen LogP contribution in [0.3, 0.4) is 0 Å². The van der Waals surface area contributed by atoms with Crippen molar-refractivity contribution in [2.24, 2.45) is 0 Å². The zero-order valence-electron chi connectivity index (χ0n) is 14.5. The molecule has 2 unspecified atom stereocenters. The molecule has 0 aliphatic carbocycles. The maximum atomic E-state index is 11.7. The Balaban J connectivity index is 1.67. The molecule has 14 heteroatoms. The number of carbonyl (C=O) groups is 1. The maximum absolute atomic E-state index is 11.7. The largest absolute Gasteiger partial charge is 0.508 e. The van der Waals surface area contributed by atoms with E-state index in [0.29, 0.717) is 0 Å². The Morgan fingerprint density at radius 1 is 1.11 bits per heavy atom. The summed E-state index contributed by atoms with van der Waals surface area (Å²) in [6.45, 7) is 1.50. The fourth-order valence-corrected chi connectivity index (χ4v) is 2.85. The summed E-state index contributed by atoms with van der Waals surface area (Å²) >= 11 is 0. The van der Waals surface area contributed by atoms with Crippen LogP contribution in [0.4, 0.5) is 4.79 Å². The molecule has 0 bridgehead atoms. The number of hydrogen-bond donors (Lipinski definition) is 5. The second-order valence-electron chi connectivity index (χ2n) is 6.02. The van der Waals surface area contributed by atoms with E-state index in [1.54, 1.807) is 0 Å². The highest BCUT2D eigenvalue weighted by Gasteiger charge is 2.49. The summed E-state index contributed by atoms with van der Waals surface area (Å²) in [5, 5.41) is 43.2. The summed E-state index contributed by atoms with van der Waals surface area (Å²) in [6, 6.07) is 0. The molecule has 2 saturated heterocycles. The number of carbonyl (C=O) groups excluding carboxylic acids is 1. The van der Waals surface area contributed by atoms with E-state index in [1.807, 2.05) is 0 Å². The van der Waals surface area contributed by atoms with Crippen molar-refractivity contribution in [3.8, 4) is 0 Å². The molecule has 0 aromatic carbocycles. The van der Waals surface area contributed by atoms with E-state index in [0.717, 1.165) is 0 Å². The molecule has 2 fully saturated rings. The maximum Gasteiger partial charge on any atom is 0.508 e. The number of aliphatic hydroxyl groups is 1. The molecule has 5 N–H and O–H groups in total. The number of fused-ring (bicyclic) bond motifs is 1. The van der Waals surface area contributed by atoms with E-state index < -0.39 is 53.6 Å². The number of nitrogens with zero attached hydrogens (tertiary/aromatic N) is 2. The zero-order chi connectivity index (χ0) is 20.0. The van der Waals surface area contributed by atoms with Gasteiger partial charge >= 0.3 is 6.16 Å². The van der Waals surface area contributed by atoms with Gasteiger partial charge in [-0.2, -0.15) is 0 Å². The van der Waals surface area contributed by atoms with Gasteiger partial charge in [0.05, 0.1) is 30.6 Å². The van der Waals surface area contributed by atoms with Gasteiger partial charge in [-0.1, -0.05) is 0 Å². The topological polar surface area (TPSA) is 180 Å². The van der Waals surface area contributed by atoms with Crippen molar-refractivity contribution >= 4 is 6.16 Å². The lowest BCUT2D eigenvalue weighted by Gasteiger charge is -2.24. The van der Waals surface area contributed by atoms with Gasteiger partial charge in [-0.05, 0) is 19.8 Å². The van der Waals surface area contributed by atoms with Crippen molar-refractivity contribution in [3.63, 3.8) is 0 Å². The van der Waals surface area contributed by atoms with Crippen LogP contribution in [0.15, 0.2) is 0 Å². The molecule has 2 aliphatic rings. The van der Waals surface area contributed by atoms with Crippen LogP contribution in [0.5, 0.6) is 0 Å². The lowest BCUT2D eigenvalue weighted by Crippen LogP contribution is -2.37. The highest BCUT2D eigenvalue weighted by Crippen LogP contribution is 2.29. The molecule has 0 amide bonds. The third-order valence-corrected chi connectivity index (χ3v) is 4.10. The smallest absolute Gasteiger partial charge is 0.434 e. The van der Waals surface area contributed by atoms with Crippen molar-refractivity contribution < 1.29 is 59.4 Å². The van der Waals surface area contributed by atoms with Crippen molar-refractivity contribution in [1.29, 1.82) is 0 Å². The zero-order valence-corrected chi connectivity index (χ0v) is 14.5. The minimum absolute atomic E-state index is 0.0879. The lowest BCUT2D eigenvalue weighted by molar-refractivity contribution is -0.537. The lowest BCUT2D eigenvalue weighted by atomic mass is 10.1. The Bertz CT molecular complexity index is 467. The fraction of sp³-hybridized carbons (Fsp3) is 0.923. The van der Waals surface area contributed by atoms with Crippen LogP contribution in [-0.4, -0.2) is 99.3 Å². The predicted octanol–water partition coefficient (Wildman–Crippen LogP) is -0.772. The summed E-state index contributed by atoms with van der Waals surface area (Å²) in [5.41, 5.74) is 0. The molecule has 2 rings (SSSR count). The van der Waals surface area contributed by atoms with Crippen LogP contribution >= 0.6 is 0 Å². The van der Waals surface area contributed by atoms with Gasteiger partial charge in [0, 0.05) is 0 Å². The standard InChI is InChI=1S/C13H24N2O12/c1-7(26-14(18)19)9(27-15(20)21)3-2-4-22-13(17)25-10-6-24-11-8(16)5-23-12(10)11/h7-12,16,18-21H,2-6H2,1H3/t7?,8-,9?,10-,11-,12-/m1/s1. The summed E-state index contributed by atoms with van der Waals surface area (Å²) in [4.78, 5) is 20.9. The second kappa shape index (κ2) is 10.4. The van der Waals surface area contributed by atoms with Crippen LogP contribution in [-0.2, 0) is 28.6 Å². The minimum Gasteiger partial charge on any atom is -0.434 e. The Morgan fingerprint density at radius 2 is 1.78 bits per heavy atom. The van der Waals surface area contributed by atoms with E-state index in [9.17, 15) is 9.90 Å². The first-order chi connectivity index (χ1) is 12.8. The monoisotopic (exact) mass is 400 g/mol. The molecule has 0 saturated carbocycles. The third-order valence-electron chi connectivity index (χ3n) is 4.10. The molecule has 14 nitrogen and oxygen atoms in total. The van der Waals surface area contributed by atoms with Crippen molar-refractivity contribution in [2.45, 2.75) is 56.4 Å². The Morgan fingerprint density at radius 3 is 2.44 bits per heavy atom. The second-order valence-corrected chi connectivity index (χ2v) is 6.02. The van der Waals surface area contributed by atoms with Gasteiger partial charge in [0.1, 0.15) is 30.5 Å². The first-order valence-corrected chi connectivity index (χ1v) is 8.22. The van der Waals surface area contributed by atoms with Crippen LogP contribution in [0.2, 0.25) is 0 Å². The van der Waals surface area contributed by atoms with Crippen molar-refractivity contribution in [2.75, 3.05) is 19.8 Å². The molecule has 2 heterocycles. The quantitative estimate of drug-likeness (QED) is 0.175. The van der Waals surface area contributed by atoms with Gasteiger partial charge in [0.25, 0.3) is 0 Å². The first kappa shape index (κ1) is 22.1. The summed E-state index contributed by atoms with van der Waals surface area (Å²) in [5.74, 6) is 0. The number of hydrogen-bond acceptors (Lipinski definition) is 14. The molecule has 0 radical (unpaired) electrons. The van der Waals surface area contributed by atoms with Crippen molar-refractivity contribution in [3.05, 3.63) is 0 Å². The van der Waals surface area contributed by atoms with Crippen molar-refractivity contribution in [1.82, 2.24) is 10.8 Å². The molecule has 0 aromatic heterocycles. The molecule has 0 aromatic rings. The van der Waals surface area contributed by atoms with E-state index >= 15 is 0 Å². The Kier molecular flexibility index (Phi) is 8.52. The number of ether oxygens (including phenoxy) is 4. The SMILES string of the molecule is CC(ON(O)O)C(CCCOC(=O)O[C@@H]1CO[C@H]2[C@@H]1OC[C@H]2O)ON(O)O. The van der Waals surface area contributed by atoms with Gasteiger partial charge in [-0.3, -0.25) is 20.8 Å².